The zero-order chi connectivity index (χ0) is 19.7. The second-order valence-electron chi connectivity index (χ2n) is 6.32. The van der Waals surface area contributed by atoms with Gasteiger partial charge in [-0.25, -0.2) is 9.48 Å². The highest BCUT2D eigenvalue weighted by Gasteiger charge is 2.32. The van der Waals surface area contributed by atoms with Gasteiger partial charge < -0.3 is 14.1 Å². The van der Waals surface area contributed by atoms with Gasteiger partial charge in [-0.05, 0) is 47.1 Å². The van der Waals surface area contributed by atoms with Crippen molar-refractivity contribution >= 4 is 27.8 Å². The second-order valence-corrected chi connectivity index (χ2v) is 7.10. The van der Waals surface area contributed by atoms with Crippen molar-refractivity contribution in [2.75, 3.05) is 13.2 Å². The summed E-state index contributed by atoms with van der Waals surface area (Å²) in [5.74, 6) is -0.453. The zero-order valence-electron chi connectivity index (χ0n) is 15.2. The first-order valence-corrected chi connectivity index (χ1v) is 9.75. The van der Waals surface area contributed by atoms with Crippen molar-refractivity contribution in [3.05, 3.63) is 69.8 Å². The maximum Gasteiger partial charge on any atom is 0.359 e. The van der Waals surface area contributed by atoms with Crippen molar-refractivity contribution in [1.82, 2.24) is 14.7 Å². The summed E-state index contributed by atoms with van der Waals surface area (Å²) in [6.07, 6.45) is 0.574. The summed E-state index contributed by atoms with van der Waals surface area (Å²) in [4.78, 5) is 26.9. The topological polar surface area (TPSA) is 77.6 Å². The Kier molecular flexibility index (Phi) is 5.04. The van der Waals surface area contributed by atoms with Gasteiger partial charge >= 0.3 is 5.97 Å². The molecule has 7 nitrogen and oxygen atoms in total. The van der Waals surface area contributed by atoms with Crippen LogP contribution in [0.3, 0.4) is 0 Å². The van der Waals surface area contributed by atoms with Crippen LogP contribution in [-0.4, -0.2) is 39.7 Å². The molecule has 8 heteroatoms. The molecule has 3 heterocycles. The van der Waals surface area contributed by atoms with Crippen molar-refractivity contribution in [1.29, 1.82) is 0 Å². The first kappa shape index (κ1) is 18.5. The minimum Gasteiger partial charge on any atom is -0.461 e. The molecule has 1 amide bonds. The smallest absolute Gasteiger partial charge is 0.359 e. The van der Waals surface area contributed by atoms with Crippen LogP contribution in [0.5, 0.6) is 0 Å². The zero-order valence-corrected chi connectivity index (χ0v) is 16.8. The van der Waals surface area contributed by atoms with Crippen LogP contribution in [0, 0.1) is 0 Å². The molecule has 1 aromatic carbocycles. The van der Waals surface area contributed by atoms with E-state index in [1.807, 2.05) is 30.3 Å². The molecule has 0 N–H and O–H groups in total. The van der Waals surface area contributed by atoms with E-state index in [0.717, 1.165) is 11.4 Å². The Hall–Kier alpha value is -2.87. The molecule has 28 heavy (non-hydrogen) atoms. The van der Waals surface area contributed by atoms with Crippen molar-refractivity contribution in [2.45, 2.75) is 19.9 Å². The highest BCUT2D eigenvalue weighted by molar-refractivity contribution is 9.10. The molecule has 0 fully saturated rings. The van der Waals surface area contributed by atoms with Crippen molar-refractivity contribution in [3.8, 4) is 5.69 Å². The Balaban J connectivity index is 1.72. The van der Waals surface area contributed by atoms with E-state index in [-0.39, 0.29) is 30.5 Å². The fourth-order valence-electron chi connectivity index (χ4n) is 3.32. The number of hydrogen-bond acceptors (Lipinski definition) is 5. The number of ether oxygens (including phenoxy) is 1. The molecule has 0 saturated carbocycles. The Morgan fingerprint density at radius 2 is 2.00 bits per heavy atom. The van der Waals surface area contributed by atoms with Crippen LogP contribution in [-0.2, 0) is 17.7 Å². The molecule has 1 aliphatic heterocycles. The van der Waals surface area contributed by atoms with E-state index in [2.05, 4.69) is 21.0 Å². The average molecular weight is 444 g/mol. The fraction of sp³-hybridized carbons (Fsp3) is 0.250. The summed E-state index contributed by atoms with van der Waals surface area (Å²) < 4.78 is 12.8. The third-order valence-corrected chi connectivity index (χ3v) is 5.02. The lowest BCUT2D eigenvalue weighted by Crippen LogP contribution is -2.36. The molecule has 3 aromatic rings. The van der Waals surface area contributed by atoms with Gasteiger partial charge in [0.25, 0.3) is 5.91 Å². The summed E-state index contributed by atoms with van der Waals surface area (Å²) >= 11 is 3.22. The first-order chi connectivity index (χ1) is 13.6. The van der Waals surface area contributed by atoms with Crippen molar-refractivity contribution in [3.63, 3.8) is 0 Å². The van der Waals surface area contributed by atoms with Gasteiger partial charge in [-0.1, -0.05) is 18.2 Å². The van der Waals surface area contributed by atoms with Crippen LogP contribution in [0.4, 0.5) is 0 Å². The number of esters is 1. The standard InChI is InChI=1S/C20H18BrN3O4/c1-2-27-20(26)18-14-12-23(19(25)16-8-9-17(21)28-16)11-10-15(14)24(22-18)13-6-4-3-5-7-13/h3-9H,2,10-12H2,1H3. The lowest BCUT2D eigenvalue weighted by molar-refractivity contribution is 0.0512. The minimum atomic E-state index is -0.483. The number of benzene rings is 1. The number of halogens is 1. The summed E-state index contributed by atoms with van der Waals surface area (Å²) in [6.45, 7) is 2.79. The maximum absolute atomic E-state index is 12.8. The molecule has 2 aromatic heterocycles. The molecule has 0 saturated heterocycles. The van der Waals surface area contributed by atoms with Gasteiger partial charge in [0.1, 0.15) is 0 Å². The Bertz CT molecular complexity index is 1030. The quantitative estimate of drug-likeness (QED) is 0.575. The molecule has 0 spiro atoms. The highest BCUT2D eigenvalue weighted by atomic mass is 79.9. The van der Waals surface area contributed by atoms with E-state index in [1.165, 1.54) is 0 Å². The van der Waals surface area contributed by atoms with Crippen LogP contribution in [0.25, 0.3) is 5.69 Å². The molecule has 0 bridgehead atoms. The molecule has 1 aliphatic rings. The number of rotatable bonds is 4. The molecule has 144 valence electrons. The average Bonchev–Trinajstić information content (AvgIpc) is 3.31. The number of amides is 1. The molecule has 0 radical (unpaired) electrons. The number of carbonyl (C=O) groups is 2. The normalized spacial score (nSPS) is 13.3. The number of fused-ring (bicyclic) bond motifs is 1. The first-order valence-electron chi connectivity index (χ1n) is 8.96. The highest BCUT2D eigenvalue weighted by Crippen LogP contribution is 2.27. The molecular formula is C20H18BrN3O4. The Morgan fingerprint density at radius 1 is 1.21 bits per heavy atom. The van der Waals surface area contributed by atoms with E-state index >= 15 is 0 Å². The van der Waals surface area contributed by atoms with E-state index in [1.54, 1.807) is 28.6 Å². The SMILES string of the molecule is CCOC(=O)c1nn(-c2ccccc2)c2c1CN(C(=O)c1ccc(Br)o1)CC2. The number of furan rings is 1. The van der Waals surface area contributed by atoms with Gasteiger partial charge in [-0.3, -0.25) is 4.79 Å². The lowest BCUT2D eigenvalue weighted by atomic mass is 10.0. The monoisotopic (exact) mass is 443 g/mol. The molecular weight excluding hydrogens is 426 g/mol. The fourth-order valence-corrected chi connectivity index (χ4v) is 3.63. The molecule has 0 atom stereocenters. The van der Waals surface area contributed by atoms with Crippen LogP contribution >= 0.6 is 15.9 Å². The van der Waals surface area contributed by atoms with Gasteiger partial charge in [0.2, 0.25) is 0 Å². The third-order valence-electron chi connectivity index (χ3n) is 4.60. The maximum atomic E-state index is 12.8. The van der Waals surface area contributed by atoms with Crippen LogP contribution in [0.1, 0.15) is 39.2 Å². The minimum absolute atomic E-state index is 0.224. The van der Waals surface area contributed by atoms with Gasteiger partial charge in [0.15, 0.2) is 16.1 Å². The Morgan fingerprint density at radius 3 is 2.68 bits per heavy atom. The number of hydrogen-bond donors (Lipinski definition) is 0. The summed E-state index contributed by atoms with van der Waals surface area (Å²) in [5.41, 5.74) is 2.74. The van der Waals surface area contributed by atoms with E-state index in [4.69, 9.17) is 9.15 Å². The molecule has 0 unspecified atom stereocenters. The number of aromatic nitrogens is 2. The predicted molar refractivity (Wildman–Crippen MR) is 104 cm³/mol. The van der Waals surface area contributed by atoms with Gasteiger partial charge in [0, 0.05) is 18.5 Å². The second kappa shape index (κ2) is 7.63. The third kappa shape index (κ3) is 3.35. The number of nitrogens with zero attached hydrogens (tertiary/aromatic N) is 3. The van der Waals surface area contributed by atoms with Crippen molar-refractivity contribution < 1.29 is 18.7 Å². The predicted octanol–water partition coefficient (Wildman–Crippen LogP) is 3.60. The van der Waals surface area contributed by atoms with E-state index in [0.29, 0.717) is 23.2 Å². The van der Waals surface area contributed by atoms with Gasteiger partial charge in [0.05, 0.1) is 24.5 Å². The van der Waals surface area contributed by atoms with Crippen LogP contribution in [0.2, 0.25) is 0 Å². The van der Waals surface area contributed by atoms with Gasteiger partial charge in [-0.2, -0.15) is 5.10 Å². The number of carbonyl (C=O) groups excluding carboxylic acids is 2. The molecule has 0 aliphatic carbocycles. The number of para-hydroxylation sites is 1. The lowest BCUT2D eigenvalue weighted by Gasteiger charge is -2.27. The van der Waals surface area contributed by atoms with E-state index in [9.17, 15) is 9.59 Å². The summed E-state index contributed by atoms with van der Waals surface area (Å²) in [6, 6.07) is 12.9. The van der Waals surface area contributed by atoms with E-state index < -0.39 is 5.97 Å². The summed E-state index contributed by atoms with van der Waals surface area (Å²) in [7, 11) is 0. The Labute approximate surface area is 170 Å². The molecule has 4 rings (SSSR count). The van der Waals surface area contributed by atoms with Gasteiger partial charge in [-0.15, -0.1) is 0 Å². The van der Waals surface area contributed by atoms with Crippen molar-refractivity contribution in [2.24, 2.45) is 0 Å². The largest absolute Gasteiger partial charge is 0.461 e. The van der Waals surface area contributed by atoms with Crippen LogP contribution < -0.4 is 0 Å². The van der Waals surface area contributed by atoms with Crippen LogP contribution in [0.15, 0.2) is 51.6 Å². The summed E-state index contributed by atoms with van der Waals surface area (Å²) in [5, 5.41) is 4.52.